The molecule has 1 heterocycles. The Morgan fingerprint density at radius 3 is 2.67 bits per heavy atom. The predicted molar refractivity (Wildman–Crippen MR) is 81.6 cm³/mol. The molecule has 0 aromatic heterocycles. The van der Waals surface area contributed by atoms with Crippen molar-refractivity contribution in [3.8, 4) is 5.75 Å². The number of piperazine rings is 1. The summed E-state index contributed by atoms with van der Waals surface area (Å²) in [5, 5.41) is 0. The summed E-state index contributed by atoms with van der Waals surface area (Å²) in [6.45, 7) is 5.28. The molecule has 1 aromatic rings. The maximum Gasteiger partial charge on any atom is 0.341 e. The number of nitrogens with zero attached hydrogens (tertiary/aromatic N) is 2. The molecular formula is C15H23N3O3. The molecule has 21 heavy (non-hydrogen) atoms. The molecule has 0 unspecified atom stereocenters. The number of likely N-dealkylation sites (N-methyl/N-ethyl adjacent to an activating group) is 1. The Morgan fingerprint density at radius 2 is 2.00 bits per heavy atom. The van der Waals surface area contributed by atoms with Gasteiger partial charge in [-0.15, -0.1) is 0 Å². The zero-order valence-electron chi connectivity index (χ0n) is 12.7. The van der Waals surface area contributed by atoms with Crippen molar-refractivity contribution in [1.82, 2.24) is 9.80 Å². The fourth-order valence-electron chi connectivity index (χ4n) is 2.29. The summed E-state index contributed by atoms with van der Waals surface area (Å²) in [7, 11) is 3.63. The summed E-state index contributed by atoms with van der Waals surface area (Å²) < 4.78 is 10.5. The maximum absolute atomic E-state index is 12.1. The van der Waals surface area contributed by atoms with Gasteiger partial charge in [0.15, 0.2) is 0 Å². The standard InChI is InChI=1S/C15H23N3O3/c1-17-5-7-18(8-6-17)9-10-21-15(19)13-4-3-12(16)11-14(13)20-2/h3-4,11H,5-10,16H2,1-2H3. The maximum atomic E-state index is 12.1. The van der Waals surface area contributed by atoms with E-state index in [0.717, 1.165) is 32.7 Å². The number of nitrogen functional groups attached to an aromatic ring is 1. The van der Waals surface area contributed by atoms with E-state index in [1.54, 1.807) is 18.2 Å². The van der Waals surface area contributed by atoms with Crippen LogP contribution in [-0.4, -0.2) is 69.3 Å². The first-order valence-corrected chi connectivity index (χ1v) is 7.11. The van der Waals surface area contributed by atoms with Crippen LogP contribution in [0.5, 0.6) is 5.75 Å². The minimum atomic E-state index is -0.374. The summed E-state index contributed by atoms with van der Waals surface area (Å²) >= 11 is 0. The third kappa shape index (κ3) is 4.34. The molecule has 0 radical (unpaired) electrons. The van der Waals surface area contributed by atoms with Crippen LogP contribution in [0.3, 0.4) is 0 Å². The first-order valence-electron chi connectivity index (χ1n) is 7.11. The lowest BCUT2D eigenvalue weighted by molar-refractivity contribution is 0.0429. The van der Waals surface area contributed by atoms with Gasteiger partial charge in [0.05, 0.1) is 7.11 Å². The SMILES string of the molecule is COc1cc(N)ccc1C(=O)OCCN1CCN(C)CC1. The van der Waals surface area contributed by atoms with Crippen molar-refractivity contribution < 1.29 is 14.3 Å². The van der Waals surface area contributed by atoms with Gasteiger partial charge in [-0.1, -0.05) is 0 Å². The highest BCUT2D eigenvalue weighted by atomic mass is 16.5. The van der Waals surface area contributed by atoms with Crippen molar-refractivity contribution in [1.29, 1.82) is 0 Å². The molecule has 0 spiro atoms. The van der Waals surface area contributed by atoms with E-state index >= 15 is 0 Å². The van der Waals surface area contributed by atoms with E-state index in [1.165, 1.54) is 7.11 Å². The number of esters is 1. The molecule has 6 nitrogen and oxygen atoms in total. The molecule has 116 valence electrons. The lowest BCUT2D eigenvalue weighted by Gasteiger charge is -2.32. The Morgan fingerprint density at radius 1 is 1.29 bits per heavy atom. The van der Waals surface area contributed by atoms with Crippen LogP contribution in [-0.2, 0) is 4.74 Å². The monoisotopic (exact) mass is 293 g/mol. The van der Waals surface area contributed by atoms with Gasteiger partial charge < -0.3 is 20.1 Å². The van der Waals surface area contributed by atoms with Crippen LogP contribution in [0.4, 0.5) is 5.69 Å². The number of anilines is 1. The van der Waals surface area contributed by atoms with E-state index in [0.29, 0.717) is 23.6 Å². The number of nitrogens with two attached hydrogens (primary N) is 1. The van der Waals surface area contributed by atoms with Gasteiger partial charge in [-0.2, -0.15) is 0 Å². The molecule has 2 N–H and O–H groups in total. The minimum Gasteiger partial charge on any atom is -0.496 e. The minimum absolute atomic E-state index is 0.374. The average molecular weight is 293 g/mol. The molecule has 1 aromatic carbocycles. The van der Waals surface area contributed by atoms with Crippen LogP contribution in [0.15, 0.2) is 18.2 Å². The number of hydrogen-bond acceptors (Lipinski definition) is 6. The number of methoxy groups -OCH3 is 1. The Kier molecular flexibility index (Phi) is 5.41. The summed E-state index contributed by atoms with van der Waals surface area (Å²) in [6, 6.07) is 4.92. The van der Waals surface area contributed by atoms with Gasteiger partial charge in [0.1, 0.15) is 17.9 Å². The number of benzene rings is 1. The second-order valence-electron chi connectivity index (χ2n) is 5.24. The lowest BCUT2D eigenvalue weighted by atomic mass is 10.2. The van der Waals surface area contributed by atoms with Gasteiger partial charge >= 0.3 is 5.97 Å². The van der Waals surface area contributed by atoms with Gasteiger partial charge in [-0.25, -0.2) is 4.79 Å². The zero-order chi connectivity index (χ0) is 15.2. The third-order valence-corrected chi connectivity index (χ3v) is 3.68. The first-order chi connectivity index (χ1) is 10.1. The number of rotatable bonds is 5. The molecule has 1 aliphatic rings. The fourth-order valence-corrected chi connectivity index (χ4v) is 2.29. The largest absolute Gasteiger partial charge is 0.496 e. The van der Waals surface area contributed by atoms with Gasteiger partial charge in [0, 0.05) is 44.5 Å². The topological polar surface area (TPSA) is 68.0 Å². The van der Waals surface area contributed by atoms with Crippen LogP contribution in [0, 0.1) is 0 Å². The van der Waals surface area contributed by atoms with Crippen LogP contribution in [0.1, 0.15) is 10.4 Å². The van der Waals surface area contributed by atoms with E-state index in [4.69, 9.17) is 15.2 Å². The average Bonchev–Trinajstić information content (AvgIpc) is 2.49. The Hall–Kier alpha value is -1.79. The highest BCUT2D eigenvalue weighted by Gasteiger charge is 2.16. The van der Waals surface area contributed by atoms with Crippen molar-refractivity contribution in [2.45, 2.75) is 0 Å². The Bertz CT molecular complexity index is 485. The van der Waals surface area contributed by atoms with Gasteiger partial charge in [-0.3, -0.25) is 4.90 Å². The second kappa shape index (κ2) is 7.28. The van der Waals surface area contributed by atoms with E-state index < -0.39 is 0 Å². The summed E-state index contributed by atoms with van der Waals surface area (Å²) in [4.78, 5) is 16.7. The molecule has 1 aliphatic heterocycles. The normalized spacial score (nSPS) is 16.7. The summed E-state index contributed by atoms with van der Waals surface area (Å²) in [6.07, 6.45) is 0. The molecule has 2 rings (SSSR count). The van der Waals surface area contributed by atoms with Crippen molar-refractivity contribution in [3.63, 3.8) is 0 Å². The van der Waals surface area contributed by atoms with Crippen molar-refractivity contribution in [3.05, 3.63) is 23.8 Å². The molecule has 0 amide bonds. The smallest absolute Gasteiger partial charge is 0.341 e. The highest BCUT2D eigenvalue weighted by molar-refractivity contribution is 5.93. The quantitative estimate of drug-likeness (QED) is 0.636. The Balaban J connectivity index is 1.82. The number of hydrogen-bond donors (Lipinski definition) is 1. The van der Waals surface area contributed by atoms with Crippen LogP contribution < -0.4 is 10.5 Å². The van der Waals surface area contributed by atoms with E-state index in [2.05, 4.69) is 16.8 Å². The predicted octanol–water partition coefficient (Wildman–Crippen LogP) is 0.682. The number of ether oxygens (including phenoxy) is 2. The van der Waals surface area contributed by atoms with Gasteiger partial charge in [0.25, 0.3) is 0 Å². The molecule has 0 atom stereocenters. The van der Waals surface area contributed by atoms with Crippen molar-refractivity contribution in [2.75, 3.05) is 59.2 Å². The van der Waals surface area contributed by atoms with Crippen molar-refractivity contribution >= 4 is 11.7 Å². The molecule has 0 aliphatic carbocycles. The van der Waals surface area contributed by atoms with Crippen molar-refractivity contribution in [2.24, 2.45) is 0 Å². The lowest BCUT2D eigenvalue weighted by Crippen LogP contribution is -2.45. The number of carbonyl (C=O) groups is 1. The first kappa shape index (κ1) is 15.6. The van der Waals surface area contributed by atoms with E-state index in [-0.39, 0.29) is 5.97 Å². The fraction of sp³-hybridized carbons (Fsp3) is 0.533. The van der Waals surface area contributed by atoms with Gasteiger partial charge in [0.2, 0.25) is 0 Å². The highest BCUT2D eigenvalue weighted by Crippen LogP contribution is 2.22. The zero-order valence-corrected chi connectivity index (χ0v) is 12.7. The Labute approximate surface area is 125 Å². The van der Waals surface area contributed by atoms with E-state index in [1.807, 2.05) is 0 Å². The molecule has 0 bridgehead atoms. The third-order valence-electron chi connectivity index (χ3n) is 3.68. The van der Waals surface area contributed by atoms with Gasteiger partial charge in [-0.05, 0) is 19.2 Å². The summed E-state index contributed by atoms with van der Waals surface area (Å²) in [5.74, 6) is 0.0700. The molecular weight excluding hydrogens is 270 g/mol. The van der Waals surface area contributed by atoms with Crippen LogP contribution >= 0.6 is 0 Å². The molecule has 6 heteroatoms. The molecule has 1 saturated heterocycles. The number of carbonyl (C=O) groups excluding carboxylic acids is 1. The molecule has 0 saturated carbocycles. The molecule has 1 fully saturated rings. The summed E-state index contributed by atoms with van der Waals surface area (Å²) in [5.41, 5.74) is 6.63. The van der Waals surface area contributed by atoms with E-state index in [9.17, 15) is 4.79 Å². The van der Waals surface area contributed by atoms with Crippen LogP contribution in [0.25, 0.3) is 0 Å². The second-order valence-corrected chi connectivity index (χ2v) is 5.24. The van der Waals surface area contributed by atoms with Crippen LogP contribution in [0.2, 0.25) is 0 Å².